The highest BCUT2D eigenvalue weighted by atomic mass is 16.5. The van der Waals surface area contributed by atoms with Crippen molar-refractivity contribution in [2.24, 2.45) is 10.9 Å². The smallest absolute Gasteiger partial charge is 0.193 e. The van der Waals surface area contributed by atoms with E-state index in [0.717, 1.165) is 51.0 Å². The number of aliphatic imine (C=N–C) groups is 1. The maximum atomic E-state index is 5.41. The number of guanidine groups is 1. The molecular weight excluding hydrogens is 282 g/mol. The van der Waals surface area contributed by atoms with Crippen LogP contribution in [-0.2, 0) is 11.3 Å². The van der Waals surface area contributed by atoms with E-state index in [4.69, 9.17) is 9.26 Å². The Bertz CT molecular complexity index is 470. The monoisotopic (exact) mass is 307 g/mol. The topological polar surface area (TPSA) is 66.1 Å². The van der Waals surface area contributed by atoms with Crippen molar-refractivity contribution >= 4 is 5.96 Å². The summed E-state index contributed by atoms with van der Waals surface area (Å²) in [6, 6.07) is 1.87. The molecule has 7 nitrogen and oxygen atoms in total. The molecule has 1 aromatic heterocycles. The van der Waals surface area contributed by atoms with Gasteiger partial charge in [0.1, 0.15) is 12.0 Å². The van der Waals surface area contributed by atoms with Crippen molar-refractivity contribution in [3.8, 4) is 0 Å². The fourth-order valence-electron chi connectivity index (χ4n) is 3.15. The Balaban J connectivity index is 1.45. The average Bonchev–Trinajstić information content (AvgIpc) is 3.21. The Labute approximate surface area is 131 Å². The minimum absolute atomic E-state index is 0.647. The van der Waals surface area contributed by atoms with Gasteiger partial charge in [0.05, 0.1) is 19.8 Å². The molecule has 2 aliphatic heterocycles. The second kappa shape index (κ2) is 7.60. The maximum Gasteiger partial charge on any atom is 0.193 e. The van der Waals surface area contributed by atoms with Crippen LogP contribution in [-0.4, -0.2) is 73.9 Å². The van der Waals surface area contributed by atoms with Gasteiger partial charge in [-0.05, 0) is 12.3 Å². The summed E-state index contributed by atoms with van der Waals surface area (Å²) < 4.78 is 10.3. The first-order valence-corrected chi connectivity index (χ1v) is 8.00. The van der Waals surface area contributed by atoms with Crippen LogP contribution in [0.25, 0.3) is 0 Å². The van der Waals surface area contributed by atoms with Crippen LogP contribution in [0.2, 0.25) is 0 Å². The molecule has 2 aliphatic rings. The molecule has 1 atom stereocenters. The molecule has 0 aliphatic carbocycles. The number of nitrogens with zero attached hydrogens (tertiary/aromatic N) is 4. The normalized spacial score (nSPS) is 24.0. The van der Waals surface area contributed by atoms with E-state index in [0.29, 0.717) is 12.5 Å². The van der Waals surface area contributed by atoms with Crippen molar-refractivity contribution in [1.82, 2.24) is 20.3 Å². The second-order valence-electron chi connectivity index (χ2n) is 5.91. The number of nitrogens with one attached hydrogen (secondary N) is 1. The largest absolute Gasteiger partial charge is 0.379 e. The van der Waals surface area contributed by atoms with E-state index in [9.17, 15) is 0 Å². The molecule has 22 heavy (non-hydrogen) atoms. The van der Waals surface area contributed by atoms with Gasteiger partial charge in [-0.3, -0.25) is 9.89 Å². The van der Waals surface area contributed by atoms with E-state index in [1.165, 1.54) is 13.0 Å². The molecule has 1 N–H and O–H groups in total. The molecule has 2 fully saturated rings. The SMILES string of the molecule is CN=C(NCc1ccon1)N1CCC(CN2CCOCC2)C1. The van der Waals surface area contributed by atoms with Gasteiger partial charge in [0.25, 0.3) is 0 Å². The number of likely N-dealkylation sites (tertiary alicyclic amines) is 1. The summed E-state index contributed by atoms with van der Waals surface area (Å²) in [5, 5.41) is 7.27. The van der Waals surface area contributed by atoms with Gasteiger partial charge in [-0.25, -0.2) is 0 Å². The second-order valence-corrected chi connectivity index (χ2v) is 5.91. The van der Waals surface area contributed by atoms with Crippen LogP contribution in [0.5, 0.6) is 0 Å². The molecule has 0 bridgehead atoms. The zero-order valence-electron chi connectivity index (χ0n) is 13.2. The van der Waals surface area contributed by atoms with Crippen LogP contribution < -0.4 is 5.32 Å². The molecule has 0 saturated carbocycles. The van der Waals surface area contributed by atoms with Crippen molar-refractivity contribution in [1.29, 1.82) is 0 Å². The average molecular weight is 307 g/mol. The van der Waals surface area contributed by atoms with E-state index in [-0.39, 0.29) is 0 Å². The number of morpholine rings is 1. The molecule has 0 radical (unpaired) electrons. The zero-order valence-corrected chi connectivity index (χ0v) is 13.2. The zero-order chi connectivity index (χ0) is 15.2. The minimum Gasteiger partial charge on any atom is -0.379 e. The van der Waals surface area contributed by atoms with Crippen LogP contribution in [0.1, 0.15) is 12.1 Å². The van der Waals surface area contributed by atoms with Gasteiger partial charge in [-0.2, -0.15) is 0 Å². The van der Waals surface area contributed by atoms with Crippen LogP contribution in [0.3, 0.4) is 0 Å². The summed E-state index contributed by atoms with van der Waals surface area (Å²) in [5.41, 5.74) is 0.894. The lowest BCUT2D eigenvalue weighted by molar-refractivity contribution is 0.0315. The molecule has 122 valence electrons. The van der Waals surface area contributed by atoms with Crippen molar-refractivity contribution in [2.75, 3.05) is 53.0 Å². The van der Waals surface area contributed by atoms with Crippen LogP contribution >= 0.6 is 0 Å². The highest BCUT2D eigenvalue weighted by Gasteiger charge is 2.27. The first-order chi connectivity index (χ1) is 10.8. The third kappa shape index (κ3) is 3.98. The Kier molecular flexibility index (Phi) is 5.29. The number of aromatic nitrogens is 1. The van der Waals surface area contributed by atoms with Gasteiger partial charge in [-0.15, -0.1) is 0 Å². The van der Waals surface area contributed by atoms with Gasteiger partial charge in [0, 0.05) is 45.8 Å². The molecule has 0 spiro atoms. The predicted molar refractivity (Wildman–Crippen MR) is 83.6 cm³/mol. The van der Waals surface area contributed by atoms with E-state index >= 15 is 0 Å². The summed E-state index contributed by atoms with van der Waals surface area (Å²) in [6.45, 7) is 7.82. The van der Waals surface area contributed by atoms with Gasteiger partial charge in [0.15, 0.2) is 5.96 Å². The number of hydrogen-bond acceptors (Lipinski definition) is 5. The number of hydrogen-bond donors (Lipinski definition) is 1. The van der Waals surface area contributed by atoms with E-state index in [2.05, 4.69) is 25.3 Å². The van der Waals surface area contributed by atoms with Crippen molar-refractivity contribution in [2.45, 2.75) is 13.0 Å². The number of ether oxygens (including phenoxy) is 1. The molecule has 2 saturated heterocycles. The van der Waals surface area contributed by atoms with Crippen molar-refractivity contribution < 1.29 is 9.26 Å². The fraction of sp³-hybridized carbons (Fsp3) is 0.733. The first-order valence-electron chi connectivity index (χ1n) is 8.00. The number of rotatable bonds is 4. The quantitative estimate of drug-likeness (QED) is 0.642. The van der Waals surface area contributed by atoms with Crippen LogP contribution in [0, 0.1) is 5.92 Å². The molecule has 1 unspecified atom stereocenters. The third-order valence-electron chi connectivity index (χ3n) is 4.34. The summed E-state index contributed by atoms with van der Waals surface area (Å²) in [6.07, 6.45) is 2.82. The lowest BCUT2D eigenvalue weighted by Crippen LogP contribution is -2.42. The van der Waals surface area contributed by atoms with Gasteiger partial charge in [-0.1, -0.05) is 5.16 Å². The van der Waals surface area contributed by atoms with Crippen LogP contribution in [0.15, 0.2) is 21.8 Å². The third-order valence-corrected chi connectivity index (χ3v) is 4.34. The van der Waals surface area contributed by atoms with Crippen molar-refractivity contribution in [3.05, 3.63) is 18.0 Å². The summed E-state index contributed by atoms with van der Waals surface area (Å²) in [5.74, 6) is 1.66. The van der Waals surface area contributed by atoms with Gasteiger partial charge >= 0.3 is 0 Å². The Morgan fingerprint density at radius 2 is 2.27 bits per heavy atom. The first kappa shape index (κ1) is 15.3. The molecule has 0 aromatic carbocycles. The van der Waals surface area contributed by atoms with E-state index in [1.54, 1.807) is 6.26 Å². The van der Waals surface area contributed by atoms with E-state index in [1.807, 2.05) is 13.1 Å². The highest BCUT2D eigenvalue weighted by Crippen LogP contribution is 2.18. The van der Waals surface area contributed by atoms with Crippen molar-refractivity contribution in [3.63, 3.8) is 0 Å². The Morgan fingerprint density at radius 1 is 1.41 bits per heavy atom. The molecule has 7 heteroatoms. The molecular formula is C15H25N5O2. The van der Waals surface area contributed by atoms with Crippen LogP contribution in [0.4, 0.5) is 0 Å². The van der Waals surface area contributed by atoms with Gasteiger partial charge < -0.3 is 19.5 Å². The van der Waals surface area contributed by atoms with E-state index < -0.39 is 0 Å². The Morgan fingerprint density at radius 3 is 3.00 bits per heavy atom. The fourth-order valence-corrected chi connectivity index (χ4v) is 3.15. The van der Waals surface area contributed by atoms with Gasteiger partial charge in [0.2, 0.25) is 0 Å². The predicted octanol–water partition coefficient (Wildman–Crippen LogP) is 0.404. The minimum atomic E-state index is 0.647. The molecule has 3 heterocycles. The Hall–Kier alpha value is -1.60. The molecule has 1 aromatic rings. The molecule has 3 rings (SSSR count). The molecule has 0 amide bonds. The maximum absolute atomic E-state index is 5.41. The summed E-state index contributed by atoms with van der Waals surface area (Å²) >= 11 is 0. The highest BCUT2D eigenvalue weighted by molar-refractivity contribution is 5.80. The lowest BCUT2D eigenvalue weighted by Gasteiger charge is -2.29. The summed E-state index contributed by atoms with van der Waals surface area (Å²) in [4.78, 5) is 9.25. The standard InChI is InChI=1S/C15H25N5O2/c1-16-15(17-10-14-3-7-22-18-14)20-4-2-13(12-20)11-19-5-8-21-9-6-19/h3,7,13H,2,4-6,8-12H2,1H3,(H,16,17). The summed E-state index contributed by atoms with van der Waals surface area (Å²) in [7, 11) is 1.83. The lowest BCUT2D eigenvalue weighted by atomic mass is 10.1.